The fourth-order valence-electron chi connectivity index (χ4n) is 2.35. The van der Waals surface area contributed by atoms with E-state index >= 15 is 0 Å². The number of likely N-dealkylation sites (tertiary alicyclic amines) is 1. The Morgan fingerprint density at radius 1 is 1.42 bits per heavy atom. The Labute approximate surface area is 110 Å². The number of urea groups is 1. The van der Waals surface area contributed by atoms with E-state index in [1.807, 2.05) is 6.92 Å². The Hall–Kier alpha value is -1.69. The molecule has 0 bridgehead atoms. The highest BCUT2D eigenvalue weighted by atomic mass is 19.1. The first kappa shape index (κ1) is 13.7. The van der Waals surface area contributed by atoms with Crippen LogP contribution in [0.2, 0.25) is 0 Å². The van der Waals surface area contributed by atoms with Crippen LogP contribution in [-0.2, 0) is 0 Å². The molecule has 19 heavy (non-hydrogen) atoms. The van der Waals surface area contributed by atoms with Gasteiger partial charge in [-0.2, -0.15) is 0 Å². The van der Waals surface area contributed by atoms with Gasteiger partial charge in [0.05, 0.1) is 5.69 Å². The molecule has 1 heterocycles. The highest BCUT2D eigenvalue weighted by molar-refractivity contribution is 5.89. The van der Waals surface area contributed by atoms with E-state index in [1.165, 1.54) is 6.07 Å². The second kappa shape index (κ2) is 5.52. The molecule has 2 unspecified atom stereocenters. The van der Waals surface area contributed by atoms with Crippen molar-refractivity contribution in [2.24, 2.45) is 11.7 Å². The van der Waals surface area contributed by atoms with E-state index in [1.54, 1.807) is 4.90 Å². The third-order valence-corrected chi connectivity index (χ3v) is 3.15. The molecule has 1 aromatic carbocycles. The first-order valence-corrected chi connectivity index (χ1v) is 6.22. The van der Waals surface area contributed by atoms with E-state index in [0.29, 0.717) is 19.0 Å². The highest BCUT2D eigenvalue weighted by Crippen LogP contribution is 2.18. The molecule has 1 aliphatic rings. The summed E-state index contributed by atoms with van der Waals surface area (Å²) >= 11 is 0. The lowest BCUT2D eigenvalue weighted by Gasteiger charge is -2.34. The molecule has 1 aromatic rings. The molecule has 1 fully saturated rings. The summed E-state index contributed by atoms with van der Waals surface area (Å²) in [7, 11) is 0. The van der Waals surface area contributed by atoms with Crippen LogP contribution in [0.4, 0.5) is 19.3 Å². The van der Waals surface area contributed by atoms with Crippen molar-refractivity contribution in [1.29, 1.82) is 0 Å². The lowest BCUT2D eigenvalue weighted by Crippen LogP contribution is -2.50. The molecule has 2 rings (SSSR count). The van der Waals surface area contributed by atoms with Crippen molar-refractivity contribution < 1.29 is 13.6 Å². The molecule has 3 N–H and O–H groups in total. The largest absolute Gasteiger partial charge is 0.326 e. The molecule has 0 spiro atoms. The van der Waals surface area contributed by atoms with Gasteiger partial charge in [-0.3, -0.25) is 0 Å². The van der Waals surface area contributed by atoms with Crippen LogP contribution in [0.5, 0.6) is 0 Å². The van der Waals surface area contributed by atoms with Crippen molar-refractivity contribution in [2.75, 3.05) is 18.4 Å². The number of carbonyl (C=O) groups is 1. The van der Waals surface area contributed by atoms with Crippen molar-refractivity contribution in [2.45, 2.75) is 19.4 Å². The number of carbonyl (C=O) groups excluding carboxylic acids is 1. The highest BCUT2D eigenvalue weighted by Gasteiger charge is 2.26. The summed E-state index contributed by atoms with van der Waals surface area (Å²) in [5.74, 6) is -1.15. The number of anilines is 1. The average molecular weight is 269 g/mol. The fraction of sp³-hybridized carbons (Fsp3) is 0.462. The molecule has 104 valence electrons. The minimum atomic E-state index is -0.789. The van der Waals surface area contributed by atoms with Gasteiger partial charge in [0.2, 0.25) is 0 Å². The van der Waals surface area contributed by atoms with Gasteiger partial charge in [-0.15, -0.1) is 0 Å². The number of rotatable bonds is 1. The Balaban J connectivity index is 2.04. The molecule has 1 saturated heterocycles. The minimum Gasteiger partial charge on any atom is -0.326 e. The molecular formula is C13H17F2N3O. The van der Waals surface area contributed by atoms with Crippen molar-refractivity contribution in [3.8, 4) is 0 Å². The topological polar surface area (TPSA) is 58.4 Å². The lowest BCUT2D eigenvalue weighted by molar-refractivity contribution is 0.172. The monoisotopic (exact) mass is 269 g/mol. The summed E-state index contributed by atoms with van der Waals surface area (Å²) in [6.45, 7) is 3.04. The van der Waals surface area contributed by atoms with Gasteiger partial charge in [-0.25, -0.2) is 13.6 Å². The zero-order chi connectivity index (χ0) is 14.0. The quantitative estimate of drug-likeness (QED) is 0.821. The number of hydrogen-bond acceptors (Lipinski definition) is 2. The first-order chi connectivity index (χ1) is 8.95. The summed E-state index contributed by atoms with van der Waals surface area (Å²) in [4.78, 5) is 13.6. The molecule has 0 aliphatic carbocycles. The Morgan fingerprint density at radius 3 is 2.79 bits per heavy atom. The molecule has 0 saturated carbocycles. The van der Waals surface area contributed by atoms with Crippen LogP contribution in [0, 0.1) is 17.6 Å². The zero-order valence-electron chi connectivity index (χ0n) is 10.7. The van der Waals surface area contributed by atoms with Crippen molar-refractivity contribution in [1.82, 2.24) is 4.90 Å². The van der Waals surface area contributed by atoms with Gasteiger partial charge >= 0.3 is 6.03 Å². The van der Waals surface area contributed by atoms with Crippen molar-refractivity contribution in [3.05, 3.63) is 29.8 Å². The van der Waals surface area contributed by atoms with E-state index in [4.69, 9.17) is 5.73 Å². The van der Waals surface area contributed by atoms with Crippen molar-refractivity contribution in [3.63, 3.8) is 0 Å². The van der Waals surface area contributed by atoms with Crippen LogP contribution >= 0.6 is 0 Å². The third-order valence-electron chi connectivity index (χ3n) is 3.15. The fourth-order valence-corrected chi connectivity index (χ4v) is 2.35. The number of amides is 2. The number of piperidine rings is 1. The maximum absolute atomic E-state index is 13.4. The van der Waals surface area contributed by atoms with Crippen LogP contribution in [0.1, 0.15) is 13.3 Å². The van der Waals surface area contributed by atoms with Crippen LogP contribution < -0.4 is 11.1 Å². The number of nitrogens with two attached hydrogens (primary N) is 1. The van der Waals surface area contributed by atoms with Crippen LogP contribution in [0.25, 0.3) is 0 Å². The average Bonchev–Trinajstić information content (AvgIpc) is 2.31. The van der Waals surface area contributed by atoms with Gasteiger partial charge in [0.15, 0.2) is 0 Å². The second-order valence-electron chi connectivity index (χ2n) is 5.06. The minimum absolute atomic E-state index is 0.0294. The maximum Gasteiger partial charge on any atom is 0.321 e. The number of hydrogen-bond donors (Lipinski definition) is 2. The smallest absolute Gasteiger partial charge is 0.321 e. The van der Waals surface area contributed by atoms with Gasteiger partial charge in [-0.05, 0) is 24.5 Å². The Bertz CT molecular complexity index is 471. The van der Waals surface area contributed by atoms with Gasteiger partial charge in [0.1, 0.15) is 11.6 Å². The van der Waals surface area contributed by atoms with Crippen molar-refractivity contribution >= 4 is 11.7 Å². The molecule has 0 aromatic heterocycles. The number of halogens is 2. The number of nitrogens with zero attached hydrogens (tertiary/aromatic N) is 1. The summed E-state index contributed by atoms with van der Waals surface area (Å²) < 4.78 is 26.2. The van der Waals surface area contributed by atoms with E-state index in [0.717, 1.165) is 18.6 Å². The summed E-state index contributed by atoms with van der Waals surface area (Å²) in [6.07, 6.45) is 0.870. The van der Waals surface area contributed by atoms with E-state index in [9.17, 15) is 13.6 Å². The molecule has 6 heteroatoms. The number of benzene rings is 1. The van der Waals surface area contributed by atoms with E-state index in [-0.39, 0.29) is 11.7 Å². The maximum atomic E-state index is 13.4. The molecule has 4 nitrogen and oxygen atoms in total. The lowest BCUT2D eigenvalue weighted by atomic mass is 9.97. The standard InChI is InChI=1S/C13H17F2N3O/c1-8-4-10(16)7-18(6-8)13(19)17-12-3-2-9(14)5-11(12)15/h2-3,5,8,10H,4,6-7,16H2,1H3,(H,17,19). The SMILES string of the molecule is CC1CC(N)CN(C(=O)Nc2ccc(F)cc2F)C1. The Morgan fingerprint density at radius 2 is 2.16 bits per heavy atom. The zero-order valence-corrected chi connectivity index (χ0v) is 10.7. The number of nitrogens with one attached hydrogen (secondary N) is 1. The van der Waals surface area contributed by atoms with Crippen LogP contribution in [0.15, 0.2) is 18.2 Å². The second-order valence-corrected chi connectivity index (χ2v) is 5.06. The van der Waals surface area contributed by atoms with E-state index < -0.39 is 17.7 Å². The van der Waals surface area contributed by atoms with Gasteiger partial charge in [0.25, 0.3) is 0 Å². The summed E-state index contributed by atoms with van der Waals surface area (Å²) in [6, 6.07) is 2.57. The molecule has 0 radical (unpaired) electrons. The predicted molar refractivity (Wildman–Crippen MR) is 68.7 cm³/mol. The Kier molecular flexibility index (Phi) is 3.99. The predicted octanol–water partition coefficient (Wildman–Crippen LogP) is 2.17. The van der Waals surface area contributed by atoms with Crippen LogP contribution in [0.3, 0.4) is 0 Å². The molecule has 2 amide bonds. The van der Waals surface area contributed by atoms with Gasteiger partial charge in [-0.1, -0.05) is 6.92 Å². The first-order valence-electron chi connectivity index (χ1n) is 6.22. The third kappa shape index (κ3) is 3.41. The molecule has 1 aliphatic heterocycles. The normalized spacial score (nSPS) is 23.3. The van der Waals surface area contributed by atoms with Gasteiger partial charge < -0.3 is 16.0 Å². The van der Waals surface area contributed by atoms with Crippen LogP contribution in [-0.4, -0.2) is 30.1 Å². The summed E-state index contributed by atoms with van der Waals surface area (Å²) in [5.41, 5.74) is 5.82. The van der Waals surface area contributed by atoms with Gasteiger partial charge in [0, 0.05) is 25.2 Å². The van der Waals surface area contributed by atoms with E-state index in [2.05, 4.69) is 5.32 Å². The molecule has 2 atom stereocenters. The molecular weight excluding hydrogens is 252 g/mol. The summed E-state index contributed by atoms with van der Waals surface area (Å²) in [5, 5.41) is 2.44.